The van der Waals surface area contributed by atoms with Crippen LogP contribution in [0.4, 0.5) is 0 Å². The fourth-order valence-electron chi connectivity index (χ4n) is 7.02. The zero-order valence-electron chi connectivity index (χ0n) is 32.3. The molecule has 3 N–H and O–H groups in total. The Balaban J connectivity index is 1.02. The molecule has 0 saturated carbocycles. The highest BCUT2D eigenvalue weighted by Crippen LogP contribution is 2.41. The van der Waals surface area contributed by atoms with Crippen LogP contribution in [0.3, 0.4) is 0 Å². The van der Waals surface area contributed by atoms with Gasteiger partial charge in [-0.3, -0.25) is 9.59 Å². The second-order valence-corrected chi connectivity index (χ2v) is 15.4. The smallest absolute Gasteiger partial charge is 0.303 e. The van der Waals surface area contributed by atoms with E-state index in [1.807, 2.05) is 109 Å². The minimum absolute atomic E-state index is 0.00545. The molecule has 5 aromatic carbocycles. The minimum atomic E-state index is -0.779. The van der Waals surface area contributed by atoms with Gasteiger partial charge in [-0.2, -0.15) is 0 Å². The molecule has 1 aliphatic heterocycles. The predicted octanol–water partition coefficient (Wildman–Crippen LogP) is 10.5. The van der Waals surface area contributed by atoms with Crippen LogP contribution >= 0.6 is 11.8 Å². The van der Waals surface area contributed by atoms with Gasteiger partial charge >= 0.3 is 5.97 Å². The lowest BCUT2D eigenvalue weighted by atomic mass is 9.99. The number of hydrogen-bond donors (Lipinski definition) is 3. The molecule has 0 aliphatic carbocycles. The fraction of sp³-hybridized carbons (Fsp3) is 0.271. The summed E-state index contributed by atoms with van der Waals surface area (Å²) in [4.78, 5) is 28.1. The Labute approximate surface area is 343 Å². The number of nitrogens with one attached hydrogen (secondary N) is 1. The number of thioether (sulfide) groups is 1. The number of aliphatic hydroxyl groups excluding tert-OH is 1. The van der Waals surface area contributed by atoms with Gasteiger partial charge in [-0.25, -0.2) is 4.98 Å². The molecule has 1 amide bonds. The van der Waals surface area contributed by atoms with Crippen LogP contribution in [-0.4, -0.2) is 38.9 Å². The number of aliphatic hydroxyl groups is 1. The van der Waals surface area contributed by atoms with Crippen molar-refractivity contribution in [3.05, 3.63) is 156 Å². The van der Waals surface area contributed by atoms with Gasteiger partial charge in [0.2, 0.25) is 5.91 Å². The number of aromatic nitrogens is 1. The van der Waals surface area contributed by atoms with E-state index in [0.717, 1.165) is 75.2 Å². The van der Waals surface area contributed by atoms with Gasteiger partial charge in [0, 0.05) is 48.3 Å². The zero-order chi connectivity index (χ0) is 40.1. The van der Waals surface area contributed by atoms with Crippen LogP contribution in [0.1, 0.15) is 79.6 Å². The van der Waals surface area contributed by atoms with Gasteiger partial charge < -0.3 is 29.4 Å². The molecule has 0 radical (unpaired) electrons. The SMILES string of the molecule is O=C(O)CCCCCCC(=O)NCc1cccc(-c2ccc([C@@H]3O[C@H](CSc4nc(-c5ccccc5)c(-c5ccccc5)o4)C[C@H](c4ccc(CO)cc4)O3)cc2)c1. The maximum Gasteiger partial charge on any atom is 0.303 e. The van der Waals surface area contributed by atoms with Gasteiger partial charge in [0.15, 0.2) is 12.1 Å². The molecule has 1 fully saturated rings. The van der Waals surface area contributed by atoms with Gasteiger partial charge in [-0.05, 0) is 46.7 Å². The summed E-state index contributed by atoms with van der Waals surface area (Å²) in [6.07, 6.45) is 3.26. The molecule has 58 heavy (non-hydrogen) atoms. The monoisotopic (exact) mass is 796 g/mol. The van der Waals surface area contributed by atoms with Crippen molar-refractivity contribution in [2.75, 3.05) is 5.75 Å². The Morgan fingerprint density at radius 3 is 2.07 bits per heavy atom. The van der Waals surface area contributed by atoms with Crippen LogP contribution in [0.25, 0.3) is 33.7 Å². The summed E-state index contributed by atoms with van der Waals surface area (Å²) in [7, 11) is 0. The number of carbonyl (C=O) groups is 2. The molecule has 1 aliphatic rings. The average Bonchev–Trinajstić information content (AvgIpc) is 3.71. The molecule has 6 aromatic rings. The Kier molecular flexibility index (Phi) is 14.2. The molecule has 1 saturated heterocycles. The topological polar surface area (TPSA) is 131 Å². The van der Waals surface area contributed by atoms with Crippen molar-refractivity contribution < 1.29 is 33.7 Å². The van der Waals surface area contributed by atoms with Crippen molar-refractivity contribution >= 4 is 23.6 Å². The van der Waals surface area contributed by atoms with E-state index in [1.165, 1.54) is 11.8 Å². The van der Waals surface area contributed by atoms with Crippen LogP contribution in [0.15, 0.2) is 143 Å². The number of amides is 1. The van der Waals surface area contributed by atoms with E-state index >= 15 is 0 Å². The fourth-order valence-corrected chi connectivity index (χ4v) is 7.87. The number of carboxylic acid groups (broad SMARTS) is 1. The van der Waals surface area contributed by atoms with E-state index in [2.05, 4.69) is 29.6 Å². The Morgan fingerprint density at radius 2 is 1.36 bits per heavy atom. The van der Waals surface area contributed by atoms with E-state index in [4.69, 9.17) is 24.0 Å². The van der Waals surface area contributed by atoms with Crippen molar-refractivity contribution in [1.82, 2.24) is 10.3 Å². The maximum atomic E-state index is 12.5. The molecule has 2 heterocycles. The standard InChI is InChI=1S/C48H48N2O7S/c51-31-33-20-22-36(23-21-33)42-29-41(32-58-48-50-45(37-13-5-3-6-14-37)46(57-48)38-15-7-4-8-16-38)55-47(56-42)39-26-24-35(25-27-39)40-17-11-12-34(28-40)30-49-43(52)18-9-1-2-10-19-44(53)54/h3-8,11-17,20-28,41-42,47,51H,1-2,9-10,18-19,29-32H2,(H,49,52)(H,53,54)/t41-,42+,47+/m0/s1. The van der Waals surface area contributed by atoms with E-state index in [9.17, 15) is 14.7 Å². The molecule has 10 heteroatoms. The van der Waals surface area contributed by atoms with Crippen molar-refractivity contribution in [3.63, 3.8) is 0 Å². The summed E-state index contributed by atoms with van der Waals surface area (Å²) in [5.74, 6) is 0.547. The second-order valence-electron chi connectivity index (χ2n) is 14.5. The lowest BCUT2D eigenvalue weighted by Gasteiger charge is -2.36. The normalized spacial score (nSPS) is 16.5. The van der Waals surface area contributed by atoms with E-state index < -0.39 is 12.3 Å². The molecule has 9 nitrogen and oxygen atoms in total. The predicted molar refractivity (Wildman–Crippen MR) is 226 cm³/mol. The van der Waals surface area contributed by atoms with Crippen LogP contribution in [0.5, 0.6) is 0 Å². The zero-order valence-corrected chi connectivity index (χ0v) is 33.1. The van der Waals surface area contributed by atoms with Crippen molar-refractivity contribution in [2.24, 2.45) is 0 Å². The number of hydrogen-bond acceptors (Lipinski definition) is 8. The van der Waals surface area contributed by atoms with E-state index in [0.29, 0.717) is 36.8 Å². The molecule has 0 spiro atoms. The summed E-state index contributed by atoms with van der Waals surface area (Å²) in [5, 5.41) is 22.0. The first-order valence-corrected chi connectivity index (χ1v) is 20.8. The highest BCUT2D eigenvalue weighted by atomic mass is 32.2. The number of oxazole rings is 1. The molecular weight excluding hydrogens is 749 g/mol. The second kappa shape index (κ2) is 20.3. The first kappa shape index (κ1) is 40.7. The van der Waals surface area contributed by atoms with E-state index in [1.54, 1.807) is 0 Å². The van der Waals surface area contributed by atoms with Crippen LogP contribution in [0.2, 0.25) is 0 Å². The van der Waals surface area contributed by atoms with E-state index in [-0.39, 0.29) is 31.1 Å². The Morgan fingerprint density at radius 1 is 0.690 bits per heavy atom. The lowest BCUT2D eigenvalue weighted by Crippen LogP contribution is -2.31. The van der Waals surface area contributed by atoms with Crippen molar-refractivity contribution in [1.29, 1.82) is 0 Å². The van der Waals surface area contributed by atoms with Gasteiger partial charge in [0.05, 0.1) is 18.8 Å². The molecule has 3 atom stereocenters. The number of carboxylic acids is 1. The number of ether oxygens (including phenoxy) is 2. The summed E-state index contributed by atoms with van der Waals surface area (Å²) < 4.78 is 19.7. The van der Waals surface area contributed by atoms with Gasteiger partial charge in [-0.1, -0.05) is 152 Å². The largest absolute Gasteiger partial charge is 0.481 e. The van der Waals surface area contributed by atoms with Crippen LogP contribution in [-0.2, 0) is 32.2 Å². The molecule has 0 bridgehead atoms. The first-order valence-electron chi connectivity index (χ1n) is 19.8. The number of unbranched alkanes of at least 4 members (excludes halogenated alkanes) is 3. The number of aliphatic carboxylic acids is 1. The van der Waals surface area contributed by atoms with Gasteiger partial charge in [-0.15, -0.1) is 0 Å². The van der Waals surface area contributed by atoms with Crippen molar-refractivity contribution in [3.8, 4) is 33.7 Å². The van der Waals surface area contributed by atoms with Gasteiger partial charge in [0.1, 0.15) is 5.69 Å². The van der Waals surface area contributed by atoms with Crippen LogP contribution in [0, 0.1) is 0 Å². The summed E-state index contributed by atoms with van der Waals surface area (Å²) in [6.45, 7) is 0.411. The maximum absolute atomic E-state index is 12.5. The number of nitrogens with zero attached hydrogens (tertiary/aromatic N) is 1. The third-order valence-corrected chi connectivity index (χ3v) is 11.1. The third-order valence-electron chi connectivity index (χ3n) is 10.2. The van der Waals surface area contributed by atoms with Crippen molar-refractivity contribution in [2.45, 2.75) is 81.8 Å². The summed E-state index contributed by atoms with van der Waals surface area (Å²) >= 11 is 1.53. The average molecular weight is 797 g/mol. The van der Waals surface area contributed by atoms with Crippen LogP contribution < -0.4 is 5.32 Å². The molecule has 7 rings (SSSR count). The Hall–Kier alpha value is -5.52. The minimum Gasteiger partial charge on any atom is -0.481 e. The number of benzene rings is 5. The molecular formula is C48H48N2O7S. The highest BCUT2D eigenvalue weighted by molar-refractivity contribution is 7.99. The summed E-state index contributed by atoms with van der Waals surface area (Å²) in [5.41, 5.74) is 8.59. The Bertz CT molecular complexity index is 2170. The molecule has 0 unspecified atom stereocenters. The quantitative estimate of drug-likeness (QED) is 0.0574. The molecule has 298 valence electrons. The lowest BCUT2D eigenvalue weighted by molar-refractivity contribution is -0.245. The molecule has 1 aromatic heterocycles. The number of carbonyl (C=O) groups excluding carboxylic acids is 1. The van der Waals surface area contributed by atoms with Gasteiger partial charge in [0.25, 0.3) is 5.22 Å². The third kappa shape index (κ3) is 11.1. The number of rotatable bonds is 18. The first-order chi connectivity index (χ1) is 28.4. The highest BCUT2D eigenvalue weighted by Gasteiger charge is 2.33. The summed E-state index contributed by atoms with van der Waals surface area (Å²) in [6, 6.07) is 44.3.